The molecule has 0 amide bonds. The summed E-state index contributed by atoms with van der Waals surface area (Å²) < 4.78 is 12.1. The summed E-state index contributed by atoms with van der Waals surface area (Å²) in [5, 5.41) is 3.54. The van der Waals surface area contributed by atoms with E-state index in [1.54, 1.807) is 0 Å². The third-order valence-corrected chi connectivity index (χ3v) is 5.25. The van der Waals surface area contributed by atoms with E-state index in [4.69, 9.17) is 9.47 Å². The van der Waals surface area contributed by atoms with Crippen LogP contribution >= 0.6 is 0 Å². The second-order valence-electron chi connectivity index (χ2n) is 6.36. The Morgan fingerprint density at radius 2 is 1.94 bits per heavy atom. The monoisotopic (exact) mass is 253 g/mol. The Labute approximate surface area is 111 Å². The van der Waals surface area contributed by atoms with Gasteiger partial charge in [0.2, 0.25) is 0 Å². The zero-order valence-electron chi connectivity index (χ0n) is 11.6. The highest BCUT2D eigenvalue weighted by molar-refractivity contribution is 4.96. The van der Waals surface area contributed by atoms with Crippen molar-refractivity contribution in [3.63, 3.8) is 0 Å². The normalized spacial score (nSPS) is 37.2. The van der Waals surface area contributed by atoms with E-state index in [9.17, 15) is 0 Å². The minimum Gasteiger partial charge on any atom is -0.377 e. The molecule has 3 rings (SSSR count). The standard InChI is InChI=1S/C15H27NO2/c1-16-14(13-5-4-9-17-13)12-6-10-18-15(11-12)7-2-3-8-15/h12-14,16H,2-11H2,1H3. The lowest BCUT2D eigenvalue weighted by atomic mass is 9.78. The van der Waals surface area contributed by atoms with Gasteiger partial charge in [-0.2, -0.15) is 0 Å². The topological polar surface area (TPSA) is 30.5 Å². The number of ether oxygens (including phenoxy) is 2. The van der Waals surface area contributed by atoms with Crippen LogP contribution in [-0.2, 0) is 9.47 Å². The maximum Gasteiger partial charge on any atom is 0.0731 e. The molecule has 3 atom stereocenters. The van der Waals surface area contributed by atoms with E-state index >= 15 is 0 Å². The lowest BCUT2D eigenvalue weighted by molar-refractivity contribution is -0.105. The van der Waals surface area contributed by atoms with Gasteiger partial charge in [0.15, 0.2) is 0 Å². The highest BCUT2D eigenvalue weighted by Crippen LogP contribution is 2.43. The molecule has 3 unspecified atom stereocenters. The van der Waals surface area contributed by atoms with E-state index in [1.807, 2.05) is 0 Å². The van der Waals surface area contributed by atoms with Crippen LogP contribution in [0.1, 0.15) is 51.4 Å². The Morgan fingerprint density at radius 3 is 2.61 bits per heavy atom. The maximum atomic E-state index is 6.15. The minimum absolute atomic E-state index is 0.233. The zero-order chi connectivity index (χ0) is 12.4. The summed E-state index contributed by atoms with van der Waals surface area (Å²) in [6.45, 7) is 1.91. The second-order valence-corrected chi connectivity index (χ2v) is 6.36. The molecule has 18 heavy (non-hydrogen) atoms. The van der Waals surface area contributed by atoms with Gasteiger partial charge in [-0.25, -0.2) is 0 Å². The summed E-state index contributed by atoms with van der Waals surface area (Å²) in [5.74, 6) is 0.741. The number of rotatable bonds is 3. The average molecular weight is 253 g/mol. The molecule has 0 bridgehead atoms. The van der Waals surface area contributed by atoms with Gasteiger partial charge >= 0.3 is 0 Å². The van der Waals surface area contributed by atoms with E-state index in [-0.39, 0.29) is 5.60 Å². The van der Waals surface area contributed by atoms with Gasteiger partial charge in [0, 0.05) is 19.3 Å². The van der Waals surface area contributed by atoms with Crippen molar-refractivity contribution in [2.75, 3.05) is 20.3 Å². The van der Waals surface area contributed by atoms with Crippen LogP contribution in [0.2, 0.25) is 0 Å². The Hall–Kier alpha value is -0.120. The van der Waals surface area contributed by atoms with Crippen molar-refractivity contribution in [1.29, 1.82) is 0 Å². The van der Waals surface area contributed by atoms with E-state index in [0.29, 0.717) is 12.1 Å². The predicted octanol–water partition coefficient (Wildman–Crippen LogP) is 2.49. The van der Waals surface area contributed by atoms with Gasteiger partial charge in [-0.05, 0) is 51.5 Å². The highest BCUT2D eigenvalue weighted by atomic mass is 16.5. The van der Waals surface area contributed by atoms with E-state index in [2.05, 4.69) is 12.4 Å². The molecule has 1 saturated carbocycles. The number of nitrogens with one attached hydrogen (secondary N) is 1. The van der Waals surface area contributed by atoms with Crippen molar-refractivity contribution in [3.8, 4) is 0 Å². The SMILES string of the molecule is CNC(C1CCOC2(CCCC2)C1)C1CCCO1. The van der Waals surface area contributed by atoms with Crippen molar-refractivity contribution in [3.05, 3.63) is 0 Å². The molecule has 1 N–H and O–H groups in total. The summed E-state index contributed by atoms with van der Waals surface area (Å²) in [4.78, 5) is 0. The highest BCUT2D eigenvalue weighted by Gasteiger charge is 2.43. The molecule has 2 heterocycles. The lowest BCUT2D eigenvalue weighted by Gasteiger charge is -2.42. The van der Waals surface area contributed by atoms with Crippen LogP contribution in [-0.4, -0.2) is 38.0 Å². The van der Waals surface area contributed by atoms with Crippen LogP contribution in [0.4, 0.5) is 0 Å². The molecular weight excluding hydrogens is 226 g/mol. The van der Waals surface area contributed by atoms with Crippen LogP contribution in [0.5, 0.6) is 0 Å². The van der Waals surface area contributed by atoms with E-state index < -0.39 is 0 Å². The van der Waals surface area contributed by atoms with Gasteiger partial charge in [0.25, 0.3) is 0 Å². The van der Waals surface area contributed by atoms with Gasteiger partial charge in [-0.1, -0.05) is 12.8 Å². The Bertz CT molecular complexity index is 270. The Balaban J connectivity index is 1.66. The van der Waals surface area contributed by atoms with Crippen molar-refractivity contribution < 1.29 is 9.47 Å². The van der Waals surface area contributed by atoms with Crippen LogP contribution in [0.15, 0.2) is 0 Å². The van der Waals surface area contributed by atoms with Gasteiger partial charge in [0.05, 0.1) is 11.7 Å². The molecule has 0 aromatic heterocycles. The minimum atomic E-state index is 0.233. The van der Waals surface area contributed by atoms with Gasteiger partial charge < -0.3 is 14.8 Å². The molecule has 3 heteroatoms. The fourth-order valence-electron chi connectivity index (χ4n) is 4.35. The first kappa shape index (κ1) is 12.9. The smallest absolute Gasteiger partial charge is 0.0731 e. The number of hydrogen-bond donors (Lipinski definition) is 1. The average Bonchev–Trinajstić information content (AvgIpc) is 3.03. The molecule has 0 aromatic carbocycles. The summed E-state index contributed by atoms with van der Waals surface area (Å²) in [5.41, 5.74) is 0.233. The van der Waals surface area contributed by atoms with Gasteiger partial charge in [0.1, 0.15) is 0 Å². The molecule has 3 aliphatic rings. The molecular formula is C15H27NO2. The van der Waals surface area contributed by atoms with Crippen molar-refractivity contribution >= 4 is 0 Å². The molecule has 2 aliphatic heterocycles. The number of hydrogen-bond acceptors (Lipinski definition) is 3. The van der Waals surface area contributed by atoms with Crippen LogP contribution in [0.3, 0.4) is 0 Å². The predicted molar refractivity (Wildman–Crippen MR) is 71.7 cm³/mol. The third kappa shape index (κ3) is 2.45. The molecule has 0 aromatic rings. The molecule has 2 saturated heterocycles. The van der Waals surface area contributed by atoms with Crippen LogP contribution in [0.25, 0.3) is 0 Å². The maximum absolute atomic E-state index is 6.15. The first-order valence-corrected chi connectivity index (χ1v) is 7.76. The molecule has 3 nitrogen and oxygen atoms in total. The summed E-state index contributed by atoms with van der Waals surface area (Å²) in [6, 6.07) is 0.536. The van der Waals surface area contributed by atoms with Gasteiger partial charge in [-0.3, -0.25) is 0 Å². The third-order valence-electron chi connectivity index (χ3n) is 5.25. The Morgan fingerprint density at radius 1 is 1.11 bits per heavy atom. The van der Waals surface area contributed by atoms with Crippen molar-refractivity contribution in [2.45, 2.75) is 69.1 Å². The first-order valence-electron chi connectivity index (χ1n) is 7.76. The summed E-state index contributed by atoms with van der Waals surface area (Å²) in [7, 11) is 2.10. The summed E-state index contributed by atoms with van der Waals surface area (Å²) in [6.07, 6.45) is 10.6. The summed E-state index contributed by atoms with van der Waals surface area (Å²) >= 11 is 0. The number of likely N-dealkylation sites (N-methyl/N-ethyl adjacent to an activating group) is 1. The lowest BCUT2D eigenvalue weighted by Crippen LogP contribution is -2.49. The first-order chi connectivity index (χ1) is 8.83. The zero-order valence-corrected chi connectivity index (χ0v) is 11.6. The van der Waals surface area contributed by atoms with E-state index in [1.165, 1.54) is 51.4 Å². The fourth-order valence-corrected chi connectivity index (χ4v) is 4.35. The molecule has 1 spiro atoms. The molecule has 0 radical (unpaired) electrons. The quantitative estimate of drug-likeness (QED) is 0.838. The molecule has 3 fully saturated rings. The van der Waals surface area contributed by atoms with Crippen molar-refractivity contribution in [1.82, 2.24) is 5.32 Å². The van der Waals surface area contributed by atoms with Crippen LogP contribution < -0.4 is 5.32 Å². The fraction of sp³-hybridized carbons (Fsp3) is 1.00. The van der Waals surface area contributed by atoms with E-state index in [0.717, 1.165) is 19.1 Å². The van der Waals surface area contributed by atoms with Gasteiger partial charge in [-0.15, -0.1) is 0 Å². The van der Waals surface area contributed by atoms with Crippen LogP contribution in [0, 0.1) is 5.92 Å². The largest absolute Gasteiger partial charge is 0.377 e. The second kappa shape index (κ2) is 5.48. The molecule has 104 valence electrons. The van der Waals surface area contributed by atoms with Crippen molar-refractivity contribution in [2.24, 2.45) is 5.92 Å². The Kier molecular flexibility index (Phi) is 3.92. The molecule has 1 aliphatic carbocycles.